The normalized spacial score (nSPS) is 33.7. The zero-order chi connectivity index (χ0) is 16.2. The van der Waals surface area contributed by atoms with Crippen LogP contribution in [0.3, 0.4) is 0 Å². The van der Waals surface area contributed by atoms with Crippen LogP contribution in [0.1, 0.15) is 64.9 Å². The number of fused-ring (bicyclic) bond motifs is 4. The number of benzene rings is 2. The molecule has 0 radical (unpaired) electrons. The van der Waals surface area contributed by atoms with Gasteiger partial charge in [0, 0.05) is 0 Å². The van der Waals surface area contributed by atoms with Crippen LogP contribution < -0.4 is 0 Å². The second kappa shape index (κ2) is 5.10. The van der Waals surface area contributed by atoms with E-state index in [1.807, 2.05) is 0 Å². The largest absolute Gasteiger partial charge is 0.0616 e. The maximum Gasteiger partial charge on any atom is -0.0127 e. The minimum absolute atomic E-state index is 0.461. The van der Waals surface area contributed by atoms with Crippen molar-refractivity contribution in [2.24, 2.45) is 22.7 Å². The Morgan fingerprint density at radius 2 is 1.57 bits per heavy atom. The monoisotopic (exact) mass is 306 g/mol. The highest BCUT2D eigenvalue weighted by atomic mass is 14.6. The summed E-state index contributed by atoms with van der Waals surface area (Å²) < 4.78 is 0. The van der Waals surface area contributed by atoms with Gasteiger partial charge in [0.1, 0.15) is 0 Å². The first-order valence-electron chi connectivity index (χ1n) is 9.39. The molecule has 0 nitrogen and oxygen atoms in total. The Bertz CT molecular complexity index is 720. The molecule has 0 heterocycles. The van der Waals surface area contributed by atoms with Crippen LogP contribution in [0.4, 0.5) is 0 Å². The summed E-state index contributed by atoms with van der Waals surface area (Å²) in [5.41, 5.74) is 2.58. The lowest BCUT2D eigenvalue weighted by Crippen LogP contribution is -2.50. The van der Waals surface area contributed by atoms with Crippen molar-refractivity contribution in [3.63, 3.8) is 0 Å². The summed E-state index contributed by atoms with van der Waals surface area (Å²) in [6.45, 7) is 10.1. The van der Waals surface area contributed by atoms with Gasteiger partial charge in [-0.1, -0.05) is 70.2 Å². The molecule has 0 aromatic heterocycles. The molecule has 4 atom stereocenters. The zero-order valence-corrected chi connectivity index (χ0v) is 15.1. The molecule has 2 unspecified atom stereocenters. The highest BCUT2D eigenvalue weighted by Crippen LogP contribution is 2.63. The minimum atomic E-state index is 0.461. The highest BCUT2D eigenvalue weighted by Gasteiger charge is 2.53. The van der Waals surface area contributed by atoms with Gasteiger partial charge in [-0.05, 0) is 70.6 Å². The van der Waals surface area contributed by atoms with Crippen LogP contribution in [-0.2, 0) is 0 Å². The van der Waals surface area contributed by atoms with E-state index in [4.69, 9.17) is 0 Å². The van der Waals surface area contributed by atoms with Gasteiger partial charge in [0.05, 0.1) is 0 Å². The van der Waals surface area contributed by atoms with Crippen molar-refractivity contribution in [1.29, 1.82) is 0 Å². The predicted molar refractivity (Wildman–Crippen MR) is 99.7 cm³/mol. The fraction of sp³-hybridized carbons (Fsp3) is 0.565. The van der Waals surface area contributed by atoms with E-state index in [1.54, 1.807) is 5.56 Å². The molecule has 122 valence electrons. The highest BCUT2D eigenvalue weighted by molar-refractivity contribution is 5.86. The standard InChI is InChI=1S/C23H30/c1-16(20-11-7-9-17-8-5-6-10-21(17)20)23(4)15-18-12-13-19(23)14-22(18,2)3/h5-11,16,18-19H,12-15H2,1-4H3/t16?,18?,19-,23+/m1/s1. The van der Waals surface area contributed by atoms with E-state index in [1.165, 1.54) is 36.5 Å². The Hall–Kier alpha value is -1.30. The third-order valence-electron chi connectivity index (χ3n) is 7.64. The van der Waals surface area contributed by atoms with E-state index < -0.39 is 0 Å². The molecule has 5 rings (SSSR count). The van der Waals surface area contributed by atoms with Gasteiger partial charge in [-0.15, -0.1) is 0 Å². The molecule has 0 aliphatic heterocycles. The van der Waals surface area contributed by atoms with E-state index in [0.717, 1.165) is 11.8 Å². The first-order valence-corrected chi connectivity index (χ1v) is 9.39. The van der Waals surface area contributed by atoms with Gasteiger partial charge >= 0.3 is 0 Å². The lowest BCUT2D eigenvalue weighted by Gasteiger charge is -2.59. The second-order valence-electron chi connectivity index (χ2n) is 9.16. The molecule has 0 saturated heterocycles. The van der Waals surface area contributed by atoms with E-state index in [-0.39, 0.29) is 0 Å². The van der Waals surface area contributed by atoms with Crippen LogP contribution in [0.25, 0.3) is 10.8 Å². The second-order valence-corrected chi connectivity index (χ2v) is 9.16. The van der Waals surface area contributed by atoms with E-state index in [2.05, 4.69) is 70.2 Å². The Morgan fingerprint density at radius 3 is 2.26 bits per heavy atom. The molecule has 2 aromatic rings. The Morgan fingerprint density at radius 1 is 0.870 bits per heavy atom. The lowest BCUT2D eigenvalue weighted by atomic mass is 9.45. The van der Waals surface area contributed by atoms with Gasteiger partial charge < -0.3 is 0 Å². The number of rotatable bonds is 2. The van der Waals surface area contributed by atoms with E-state index >= 15 is 0 Å². The fourth-order valence-electron chi connectivity index (χ4n) is 5.85. The predicted octanol–water partition coefficient (Wildman–Crippen LogP) is 6.80. The summed E-state index contributed by atoms with van der Waals surface area (Å²) in [7, 11) is 0. The molecule has 0 amide bonds. The maximum absolute atomic E-state index is 2.59. The molecule has 2 bridgehead atoms. The van der Waals surface area contributed by atoms with Crippen molar-refractivity contribution in [2.75, 3.05) is 0 Å². The molecule has 23 heavy (non-hydrogen) atoms. The topological polar surface area (TPSA) is 0 Å². The molecular formula is C23H30. The van der Waals surface area contributed by atoms with Crippen molar-refractivity contribution in [1.82, 2.24) is 0 Å². The van der Waals surface area contributed by atoms with Crippen molar-refractivity contribution >= 4 is 10.8 Å². The first-order chi connectivity index (χ1) is 10.9. The van der Waals surface area contributed by atoms with Crippen molar-refractivity contribution < 1.29 is 0 Å². The number of hydrogen-bond acceptors (Lipinski definition) is 0. The van der Waals surface area contributed by atoms with Gasteiger partial charge in [-0.3, -0.25) is 0 Å². The minimum Gasteiger partial charge on any atom is -0.0616 e. The summed E-state index contributed by atoms with van der Waals surface area (Å²) in [4.78, 5) is 0. The average Bonchev–Trinajstić information content (AvgIpc) is 2.54. The van der Waals surface area contributed by atoms with E-state index in [0.29, 0.717) is 16.7 Å². The van der Waals surface area contributed by atoms with Crippen molar-refractivity contribution in [3.8, 4) is 0 Å². The lowest BCUT2D eigenvalue weighted by molar-refractivity contribution is -0.0787. The quantitative estimate of drug-likeness (QED) is 0.572. The molecular weight excluding hydrogens is 276 g/mol. The third-order valence-corrected chi connectivity index (χ3v) is 7.64. The summed E-state index contributed by atoms with van der Waals surface area (Å²) in [6, 6.07) is 15.8. The van der Waals surface area contributed by atoms with Crippen molar-refractivity contribution in [3.05, 3.63) is 48.0 Å². The Labute approximate surface area is 141 Å². The first kappa shape index (κ1) is 15.2. The summed E-state index contributed by atoms with van der Waals surface area (Å²) >= 11 is 0. The van der Waals surface area contributed by atoms with E-state index in [9.17, 15) is 0 Å². The SMILES string of the molecule is CC(c1cccc2ccccc12)[C@]1(C)CC2CC[C@@H]1CC2(C)C. The van der Waals surface area contributed by atoms with Gasteiger partial charge in [0.15, 0.2) is 0 Å². The average molecular weight is 306 g/mol. The van der Waals surface area contributed by atoms with Gasteiger partial charge in [-0.25, -0.2) is 0 Å². The molecule has 3 aliphatic rings. The van der Waals surface area contributed by atoms with Crippen LogP contribution >= 0.6 is 0 Å². The van der Waals surface area contributed by atoms with Crippen LogP contribution in [0.5, 0.6) is 0 Å². The van der Waals surface area contributed by atoms with Crippen LogP contribution in [0.2, 0.25) is 0 Å². The van der Waals surface area contributed by atoms with Crippen LogP contribution in [-0.4, -0.2) is 0 Å². The smallest absolute Gasteiger partial charge is 0.0127 e. The summed E-state index contributed by atoms with van der Waals surface area (Å²) in [6.07, 6.45) is 5.73. The van der Waals surface area contributed by atoms with Gasteiger partial charge in [0.25, 0.3) is 0 Å². The van der Waals surface area contributed by atoms with Crippen molar-refractivity contribution in [2.45, 2.75) is 59.3 Å². The maximum atomic E-state index is 2.59. The zero-order valence-electron chi connectivity index (χ0n) is 15.1. The van der Waals surface area contributed by atoms with Gasteiger partial charge in [0.2, 0.25) is 0 Å². The summed E-state index contributed by atoms with van der Waals surface area (Å²) in [5.74, 6) is 2.43. The molecule has 0 N–H and O–H groups in total. The molecule has 3 fully saturated rings. The number of hydrogen-bond donors (Lipinski definition) is 0. The fourth-order valence-corrected chi connectivity index (χ4v) is 5.85. The molecule has 3 saturated carbocycles. The molecule has 0 spiro atoms. The molecule has 0 heteroatoms. The Balaban J connectivity index is 1.75. The molecule has 3 aliphatic carbocycles. The molecule has 2 aromatic carbocycles. The summed E-state index contributed by atoms with van der Waals surface area (Å²) in [5, 5.41) is 2.85. The van der Waals surface area contributed by atoms with Gasteiger partial charge in [-0.2, -0.15) is 0 Å². The van der Waals surface area contributed by atoms with Crippen LogP contribution in [0, 0.1) is 22.7 Å². The van der Waals surface area contributed by atoms with Crippen LogP contribution in [0.15, 0.2) is 42.5 Å². The third kappa shape index (κ3) is 2.25. The Kier molecular flexibility index (Phi) is 3.38.